The molecule has 1 heterocycles. The number of primary amides is 1. The summed E-state index contributed by atoms with van der Waals surface area (Å²) >= 11 is 11.9. The molecular formula is C18H15Cl2N3O3. The summed E-state index contributed by atoms with van der Waals surface area (Å²) in [5, 5.41) is 0.508. The largest absolute Gasteiger partial charge is 0.368 e. The van der Waals surface area contributed by atoms with Gasteiger partial charge in [0.1, 0.15) is 12.1 Å². The molecule has 0 radical (unpaired) electrons. The molecule has 0 aliphatic carbocycles. The molecule has 1 fully saturated rings. The molecule has 0 spiro atoms. The van der Waals surface area contributed by atoms with Crippen molar-refractivity contribution in [2.24, 2.45) is 5.73 Å². The zero-order valence-electron chi connectivity index (χ0n) is 13.8. The lowest BCUT2D eigenvalue weighted by Gasteiger charge is -2.31. The van der Waals surface area contributed by atoms with E-state index in [4.69, 9.17) is 28.9 Å². The predicted octanol–water partition coefficient (Wildman–Crippen LogP) is 3.16. The van der Waals surface area contributed by atoms with Gasteiger partial charge in [-0.1, -0.05) is 53.5 Å². The Morgan fingerprint density at radius 3 is 2.31 bits per heavy atom. The number of carbonyl (C=O) groups is 3. The zero-order chi connectivity index (χ0) is 19.1. The second-order valence-electron chi connectivity index (χ2n) is 6.01. The van der Waals surface area contributed by atoms with E-state index < -0.39 is 29.9 Å². The minimum Gasteiger partial charge on any atom is -0.368 e. The Bertz CT molecular complexity index is 904. The maximum Gasteiger partial charge on any atom is 0.333 e. The van der Waals surface area contributed by atoms with E-state index in [0.717, 1.165) is 9.80 Å². The van der Waals surface area contributed by atoms with Gasteiger partial charge in [0.05, 0.1) is 15.7 Å². The van der Waals surface area contributed by atoms with Gasteiger partial charge in [-0.05, 0) is 30.7 Å². The van der Waals surface area contributed by atoms with Gasteiger partial charge in [-0.2, -0.15) is 0 Å². The number of halogens is 2. The van der Waals surface area contributed by atoms with Gasteiger partial charge >= 0.3 is 6.03 Å². The van der Waals surface area contributed by atoms with Crippen molar-refractivity contribution in [2.75, 3.05) is 11.4 Å². The molecule has 0 bridgehead atoms. The van der Waals surface area contributed by atoms with E-state index >= 15 is 0 Å². The van der Waals surface area contributed by atoms with Crippen molar-refractivity contribution in [2.45, 2.75) is 12.5 Å². The minimum absolute atomic E-state index is 0.208. The summed E-state index contributed by atoms with van der Waals surface area (Å²) in [6, 6.07) is 12.5. The second kappa shape index (κ2) is 6.63. The van der Waals surface area contributed by atoms with Gasteiger partial charge in [-0.15, -0.1) is 0 Å². The van der Waals surface area contributed by atoms with Crippen LogP contribution >= 0.6 is 23.2 Å². The van der Waals surface area contributed by atoms with Crippen LogP contribution in [0, 0.1) is 0 Å². The van der Waals surface area contributed by atoms with Crippen LogP contribution in [0.3, 0.4) is 0 Å². The molecule has 6 nitrogen and oxygen atoms in total. The van der Waals surface area contributed by atoms with Crippen molar-refractivity contribution in [1.29, 1.82) is 0 Å². The second-order valence-corrected chi connectivity index (χ2v) is 6.83. The number of nitrogens with zero attached hydrogens (tertiary/aromatic N) is 2. The summed E-state index contributed by atoms with van der Waals surface area (Å²) in [5.74, 6) is -1.22. The zero-order valence-corrected chi connectivity index (χ0v) is 15.3. The lowest BCUT2D eigenvalue weighted by atomic mass is 9.90. The van der Waals surface area contributed by atoms with Crippen molar-refractivity contribution >= 4 is 46.7 Å². The first-order valence-electron chi connectivity index (χ1n) is 7.72. The van der Waals surface area contributed by atoms with Crippen molar-refractivity contribution in [3.05, 3.63) is 64.1 Å². The highest BCUT2D eigenvalue weighted by Gasteiger charge is 2.56. The molecule has 0 aromatic heterocycles. The summed E-state index contributed by atoms with van der Waals surface area (Å²) in [6.45, 7) is 1.19. The summed E-state index contributed by atoms with van der Waals surface area (Å²) in [7, 11) is 0. The van der Waals surface area contributed by atoms with Gasteiger partial charge in [-0.3, -0.25) is 14.5 Å². The highest BCUT2D eigenvalue weighted by molar-refractivity contribution is 6.42. The number of benzene rings is 2. The summed E-state index contributed by atoms with van der Waals surface area (Å²) in [5.41, 5.74) is 4.77. The van der Waals surface area contributed by atoms with Gasteiger partial charge in [0.25, 0.3) is 5.91 Å². The van der Waals surface area contributed by atoms with Crippen molar-refractivity contribution in [3.63, 3.8) is 0 Å². The number of nitrogens with two attached hydrogens (primary N) is 1. The lowest BCUT2D eigenvalue weighted by molar-refractivity contribution is -0.126. The molecular weight excluding hydrogens is 377 g/mol. The topological polar surface area (TPSA) is 83.7 Å². The minimum atomic E-state index is -1.38. The Balaban J connectivity index is 2.14. The van der Waals surface area contributed by atoms with E-state index in [1.54, 1.807) is 37.3 Å². The van der Waals surface area contributed by atoms with E-state index in [-0.39, 0.29) is 10.7 Å². The Morgan fingerprint density at radius 1 is 1.08 bits per heavy atom. The molecule has 3 rings (SSSR count). The maximum atomic E-state index is 13.3. The molecule has 1 saturated heterocycles. The van der Waals surface area contributed by atoms with Crippen LogP contribution in [0.25, 0.3) is 0 Å². The number of imide groups is 1. The summed E-state index contributed by atoms with van der Waals surface area (Å²) in [4.78, 5) is 39.9. The Kier molecular flexibility index (Phi) is 4.64. The van der Waals surface area contributed by atoms with Crippen LogP contribution in [-0.2, 0) is 15.1 Å². The first-order valence-corrected chi connectivity index (χ1v) is 8.47. The van der Waals surface area contributed by atoms with Crippen molar-refractivity contribution in [1.82, 2.24) is 4.90 Å². The van der Waals surface area contributed by atoms with E-state index in [1.165, 1.54) is 18.2 Å². The Morgan fingerprint density at radius 2 is 1.73 bits per heavy atom. The summed E-state index contributed by atoms with van der Waals surface area (Å²) in [6.07, 6.45) is 0. The van der Waals surface area contributed by atoms with Crippen molar-refractivity contribution < 1.29 is 14.4 Å². The first-order chi connectivity index (χ1) is 12.3. The molecule has 1 aliphatic rings. The van der Waals surface area contributed by atoms with E-state index in [0.29, 0.717) is 10.6 Å². The van der Waals surface area contributed by atoms with Crippen LogP contribution in [0.1, 0.15) is 12.5 Å². The summed E-state index contributed by atoms with van der Waals surface area (Å²) < 4.78 is 0. The normalized spacial score (nSPS) is 20.0. The monoisotopic (exact) mass is 391 g/mol. The molecule has 2 N–H and O–H groups in total. The van der Waals surface area contributed by atoms with Gasteiger partial charge in [0.2, 0.25) is 5.91 Å². The molecule has 4 amide bonds. The highest BCUT2D eigenvalue weighted by atomic mass is 35.5. The molecule has 2 aromatic carbocycles. The van der Waals surface area contributed by atoms with Gasteiger partial charge in [0, 0.05) is 0 Å². The van der Waals surface area contributed by atoms with Crippen LogP contribution < -0.4 is 10.6 Å². The molecule has 26 heavy (non-hydrogen) atoms. The molecule has 0 saturated carbocycles. The highest BCUT2D eigenvalue weighted by Crippen LogP contribution is 2.40. The van der Waals surface area contributed by atoms with Crippen LogP contribution in [-0.4, -0.2) is 29.3 Å². The van der Waals surface area contributed by atoms with Gasteiger partial charge < -0.3 is 5.73 Å². The van der Waals surface area contributed by atoms with Crippen molar-refractivity contribution in [3.8, 4) is 0 Å². The molecule has 134 valence electrons. The standard InChI is InChI=1S/C18H15Cl2N3O3/c1-18(11-5-3-2-4-6-11)16(25)23(17(26)22(18)10-15(21)24)12-7-8-13(19)14(20)9-12/h2-9H,10H2,1H3,(H2,21,24). The quantitative estimate of drug-likeness (QED) is 0.812. The number of hydrogen-bond acceptors (Lipinski definition) is 3. The number of anilines is 1. The Labute approximate surface area is 160 Å². The molecule has 8 heteroatoms. The molecule has 2 aromatic rings. The fourth-order valence-electron chi connectivity index (χ4n) is 3.01. The smallest absolute Gasteiger partial charge is 0.333 e. The predicted molar refractivity (Wildman–Crippen MR) is 99.0 cm³/mol. The molecule has 1 aliphatic heterocycles. The van der Waals surface area contributed by atoms with Crippen LogP contribution in [0.2, 0.25) is 10.0 Å². The maximum absolute atomic E-state index is 13.3. The van der Waals surface area contributed by atoms with Crippen LogP contribution in [0.15, 0.2) is 48.5 Å². The number of amides is 4. The molecule has 1 atom stereocenters. The Hall–Kier alpha value is -2.57. The fourth-order valence-corrected chi connectivity index (χ4v) is 3.30. The third-order valence-electron chi connectivity index (χ3n) is 4.39. The molecule has 1 unspecified atom stereocenters. The van der Waals surface area contributed by atoms with Gasteiger partial charge in [-0.25, -0.2) is 9.69 Å². The number of urea groups is 1. The van der Waals surface area contributed by atoms with Crippen LogP contribution in [0.5, 0.6) is 0 Å². The number of hydrogen-bond donors (Lipinski definition) is 1. The van der Waals surface area contributed by atoms with Gasteiger partial charge in [0.15, 0.2) is 0 Å². The fraction of sp³-hybridized carbons (Fsp3) is 0.167. The third kappa shape index (κ3) is 2.81. The SMILES string of the molecule is CC1(c2ccccc2)C(=O)N(c2ccc(Cl)c(Cl)c2)C(=O)N1CC(N)=O. The third-order valence-corrected chi connectivity index (χ3v) is 5.13. The number of carbonyl (C=O) groups excluding carboxylic acids is 3. The lowest BCUT2D eigenvalue weighted by Crippen LogP contribution is -2.47. The van der Waals surface area contributed by atoms with Crippen LogP contribution in [0.4, 0.5) is 10.5 Å². The van der Waals surface area contributed by atoms with E-state index in [9.17, 15) is 14.4 Å². The van der Waals surface area contributed by atoms with E-state index in [1.807, 2.05) is 0 Å². The average molecular weight is 392 g/mol. The average Bonchev–Trinajstić information content (AvgIpc) is 2.80. The number of rotatable bonds is 4. The van der Waals surface area contributed by atoms with E-state index in [2.05, 4.69) is 0 Å². The first kappa shape index (κ1) is 18.2.